The van der Waals surface area contributed by atoms with Gasteiger partial charge >= 0.3 is 6.09 Å². The number of morpholine rings is 1. The number of ketones is 1. The van der Waals surface area contributed by atoms with E-state index in [0.717, 1.165) is 34.4 Å². The van der Waals surface area contributed by atoms with Crippen LogP contribution in [0, 0.1) is 17.6 Å². The van der Waals surface area contributed by atoms with Gasteiger partial charge in [-0.05, 0) is 41.2 Å². The van der Waals surface area contributed by atoms with Gasteiger partial charge < -0.3 is 14.2 Å². The van der Waals surface area contributed by atoms with Gasteiger partial charge in [-0.3, -0.25) is 9.69 Å². The molecule has 2 aliphatic heterocycles. The van der Waals surface area contributed by atoms with Crippen molar-refractivity contribution in [3.63, 3.8) is 0 Å². The van der Waals surface area contributed by atoms with Crippen molar-refractivity contribution in [3.05, 3.63) is 89.0 Å². The van der Waals surface area contributed by atoms with Gasteiger partial charge in [-0.2, -0.15) is 0 Å². The third kappa shape index (κ3) is 4.13. The fourth-order valence-corrected chi connectivity index (χ4v) is 6.21. The molecule has 1 amide bonds. The van der Waals surface area contributed by atoms with Crippen LogP contribution in [0.1, 0.15) is 40.2 Å². The van der Waals surface area contributed by atoms with Crippen molar-refractivity contribution in [2.45, 2.75) is 30.8 Å². The van der Waals surface area contributed by atoms with E-state index >= 15 is 0 Å². The lowest BCUT2D eigenvalue weighted by Gasteiger charge is -2.47. The van der Waals surface area contributed by atoms with Crippen LogP contribution in [0.25, 0.3) is 11.1 Å². The molecule has 0 saturated carbocycles. The Labute approximate surface area is 219 Å². The molecular formula is C30H27F2NO5. The molecule has 6 rings (SSSR count). The molecule has 2 atom stereocenters. The van der Waals surface area contributed by atoms with Crippen molar-refractivity contribution in [3.8, 4) is 16.9 Å². The highest BCUT2D eigenvalue weighted by atomic mass is 19.2. The van der Waals surface area contributed by atoms with Crippen molar-refractivity contribution in [2.75, 3.05) is 26.9 Å². The van der Waals surface area contributed by atoms with E-state index in [-0.39, 0.29) is 54.9 Å². The minimum Gasteiger partial charge on any atom is -0.496 e. The number of methoxy groups -OCH3 is 1. The van der Waals surface area contributed by atoms with Gasteiger partial charge in [-0.25, -0.2) is 13.6 Å². The summed E-state index contributed by atoms with van der Waals surface area (Å²) in [5, 5.41) is 0. The normalized spacial score (nSPS) is 22.0. The summed E-state index contributed by atoms with van der Waals surface area (Å²) in [6.45, 7) is 0.761. The second-order valence-corrected chi connectivity index (χ2v) is 10.1. The molecule has 0 spiro atoms. The molecule has 196 valence electrons. The maximum Gasteiger partial charge on any atom is 0.410 e. The number of ether oxygens (including phenoxy) is 3. The second kappa shape index (κ2) is 9.83. The molecule has 38 heavy (non-hydrogen) atoms. The lowest BCUT2D eigenvalue weighted by molar-refractivity contribution is -0.0748. The minimum absolute atomic E-state index is 0.00461. The van der Waals surface area contributed by atoms with E-state index in [4.69, 9.17) is 14.2 Å². The van der Waals surface area contributed by atoms with E-state index in [1.54, 1.807) is 4.90 Å². The second-order valence-electron chi connectivity index (χ2n) is 10.1. The summed E-state index contributed by atoms with van der Waals surface area (Å²) in [5.74, 6) is -3.05. The zero-order chi connectivity index (χ0) is 26.4. The summed E-state index contributed by atoms with van der Waals surface area (Å²) >= 11 is 0. The summed E-state index contributed by atoms with van der Waals surface area (Å²) in [6, 6.07) is 17.4. The van der Waals surface area contributed by atoms with Crippen LogP contribution in [0.15, 0.2) is 60.7 Å². The number of carbonyl (C=O) groups excluding carboxylic acids is 2. The molecule has 2 saturated heterocycles. The van der Waals surface area contributed by atoms with Gasteiger partial charge in [0.1, 0.15) is 12.4 Å². The molecule has 2 bridgehead atoms. The van der Waals surface area contributed by atoms with Crippen molar-refractivity contribution in [1.82, 2.24) is 4.90 Å². The Morgan fingerprint density at radius 3 is 2.11 bits per heavy atom. The van der Waals surface area contributed by atoms with Crippen LogP contribution in [0.5, 0.6) is 5.75 Å². The van der Waals surface area contributed by atoms with Gasteiger partial charge in [-0.15, -0.1) is 0 Å². The zero-order valence-corrected chi connectivity index (χ0v) is 20.9. The average Bonchev–Trinajstić information content (AvgIpc) is 3.25. The molecule has 3 aliphatic rings. The Morgan fingerprint density at radius 1 is 0.921 bits per heavy atom. The van der Waals surface area contributed by atoms with Gasteiger partial charge in [0.2, 0.25) is 0 Å². The van der Waals surface area contributed by atoms with Crippen LogP contribution >= 0.6 is 0 Å². The van der Waals surface area contributed by atoms with Gasteiger partial charge in [0.05, 0.1) is 38.0 Å². The Bertz CT molecular complexity index is 1350. The first-order valence-electron chi connectivity index (χ1n) is 12.7. The van der Waals surface area contributed by atoms with Crippen LogP contribution in [-0.4, -0.2) is 55.8 Å². The molecule has 2 fully saturated rings. The van der Waals surface area contributed by atoms with Crippen LogP contribution in [0.2, 0.25) is 0 Å². The summed E-state index contributed by atoms with van der Waals surface area (Å²) in [5.41, 5.74) is 4.58. The quantitative estimate of drug-likeness (QED) is 0.412. The van der Waals surface area contributed by atoms with Crippen molar-refractivity contribution >= 4 is 11.9 Å². The van der Waals surface area contributed by atoms with E-state index in [2.05, 4.69) is 24.3 Å². The minimum atomic E-state index is -1.10. The Kier molecular flexibility index (Phi) is 6.35. The number of benzene rings is 3. The number of amides is 1. The number of hydrogen-bond acceptors (Lipinski definition) is 5. The van der Waals surface area contributed by atoms with Crippen molar-refractivity contribution in [2.24, 2.45) is 5.92 Å². The predicted octanol–water partition coefficient (Wildman–Crippen LogP) is 5.58. The molecule has 2 heterocycles. The summed E-state index contributed by atoms with van der Waals surface area (Å²) in [4.78, 5) is 28.4. The number of fused-ring (bicyclic) bond motifs is 5. The standard InChI is InChI=1S/C30H27F2NO5/c1-36-28-13-27(32)26(31)12-24(28)29(34)17-10-18-14-37-15-19(11-17)33(18)30(35)38-16-25-22-8-4-2-6-20(22)21-7-3-5-9-23(21)25/h2-9,12-13,17-19,25H,10-11,14-16H2,1H3. The first-order chi connectivity index (χ1) is 18.5. The lowest BCUT2D eigenvalue weighted by atomic mass is 9.80. The molecule has 0 N–H and O–H groups in total. The number of halogens is 2. The molecule has 6 nitrogen and oxygen atoms in total. The maximum absolute atomic E-state index is 13.9. The first kappa shape index (κ1) is 24.6. The van der Waals surface area contributed by atoms with Crippen molar-refractivity contribution < 1.29 is 32.6 Å². The highest BCUT2D eigenvalue weighted by Gasteiger charge is 2.45. The Hall–Kier alpha value is -3.78. The Morgan fingerprint density at radius 2 is 1.50 bits per heavy atom. The topological polar surface area (TPSA) is 65.1 Å². The third-order valence-electron chi connectivity index (χ3n) is 7.95. The lowest BCUT2D eigenvalue weighted by Crippen LogP contribution is -2.60. The number of hydrogen-bond donors (Lipinski definition) is 0. The predicted molar refractivity (Wildman–Crippen MR) is 135 cm³/mol. The van der Waals surface area contributed by atoms with E-state index in [1.165, 1.54) is 7.11 Å². The van der Waals surface area contributed by atoms with Gasteiger partial charge in [0.25, 0.3) is 0 Å². The van der Waals surface area contributed by atoms with E-state index in [1.807, 2.05) is 24.3 Å². The molecule has 3 aromatic rings. The number of rotatable bonds is 5. The first-order valence-corrected chi connectivity index (χ1v) is 12.7. The average molecular weight is 520 g/mol. The molecule has 2 unspecified atom stereocenters. The summed E-state index contributed by atoms with van der Waals surface area (Å²) in [6.07, 6.45) is 0.241. The molecule has 3 aromatic carbocycles. The maximum atomic E-state index is 13.9. The molecular weight excluding hydrogens is 492 g/mol. The molecule has 1 aliphatic carbocycles. The number of Topliss-reactive ketones (excluding diaryl/α,β-unsaturated/α-hetero) is 1. The zero-order valence-electron chi connectivity index (χ0n) is 20.9. The smallest absolute Gasteiger partial charge is 0.410 e. The van der Waals surface area contributed by atoms with Crippen LogP contribution in [-0.2, 0) is 9.47 Å². The largest absolute Gasteiger partial charge is 0.496 e. The van der Waals surface area contributed by atoms with Crippen LogP contribution in [0.4, 0.5) is 13.6 Å². The highest BCUT2D eigenvalue weighted by molar-refractivity contribution is 6.00. The van der Waals surface area contributed by atoms with E-state index in [9.17, 15) is 18.4 Å². The molecule has 8 heteroatoms. The number of nitrogens with zero attached hydrogens (tertiary/aromatic N) is 1. The van der Waals surface area contributed by atoms with E-state index in [0.29, 0.717) is 12.8 Å². The summed E-state index contributed by atoms with van der Waals surface area (Å²) in [7, 11) is 1.31. The van der Waals surface area contributed by atoms with Gasteiger partial charge in [-0.1, -0.05) is 48.5 Å². The van der Waals surface area contributed by atoms with Gasteiger partial charge in [0, 0.05) is 17.9 Å². The Balaban J connectivity index is 1.18. The molecule has 0 aromatic heterocycles. The van der Waals surface area contributed by atoms with E-state index < -0.39 is 23.6 Å². The fourth-order valence-electron chi connectivity index (χ4n) is 6.21. The number of carbonyl (C=O) groups is 2. The van der Waals surface area contributed by atoms with Crippen LogP contribution < -0.4 is 4.74 Å². The summed E-state index contributed by atoms with van der Waals surface area (Å²) < 4.78 is 44.4. The van der Waals surface area contributed by atoms with Crippen molar-refractivity contribution in [1.29, 1.82) is 0 Å². The monoisotopic (exact) mass is 519 g/mol. The SMILES string of the molecule is COc1cc(F)c(F)cc1C(=O)C1CC2COCC(C1)N2C(=O)OCC1c2ccccc2-c2ccccc21. The highest BCUT2D eigenvalue weighted by Crippen LogP contribution is 2.45. The number of piperidine rings is 1. The fraction of sp³-hybridized carbons (Fsp3) is 0.333. The molecule has 0 radical (unpaired) electrons. The third-order valence-corrected chi connectivity index (χ3v) is 7.95. The van der Waals surface area contributed by atoms with Gasteiger partial charge in [0.15, 0.2) is 17.4 Å². The van der Waals surface area contributed by atoms with Crippen LogP contribution in [0.3, 0.4) is 0 Å².